The number of nitrogens with one attached hydrogen (secondary N) is 1. The summed E-state index contributed by atoms with van der Waals surface area (Å²) in [5.74, 6) is 0. The molecule has 1 N–H and O–H groups in total. The number of rotatable bonds is 8. The summed E-state index contributed by atoms with van der Waals surface area (Å²) in [6.45, 7) is 2.97. The smallest absolute Gasteiger partial charge is 0.0587 e. The van der Waals surface area contributed by atoms with Crippen molar-refractivity contribution in [1.82, 2.24) is 5.32 Å². The summed E-state index contributed by atoms with van der Waals surface area (Å²) in [4.78, 5) is 0. The standard InChI is InChI=1S/C16H27NOS/c1-18-11-10-17-14-16(7-3-2-4-8-16)9-5-15-6-12-19-13-15/h6,12-13,17H,2-5,7-11,14H2,1H3. The van der Waals surface area contributed by atoms with E-state index in [1.54, 1.807) is 7.11 Å². The van der Waals surface area contributed by atoms with Crippen LogP contribution < -0.4 is 5.32 Å². The van der Waals surface area contributed by atoms with Gasteiger partial charge < -0.3 is 10.1 Å². The van der Waals surface area contributed by atoms with Gasteiger partial charge in [0.05, 0.1) is 6.61 Å². The molecule has 0 radical (unpaired) electrons. The number of ether oxygens (including phenoxy) is 1. The highest BCUT2D eigenvalue weighted by Crippen LogP contribution is 2.39. The maximum atomic E-state index is 5.12. The van der Waals surface area contributed by atoms with Gasteiger partial charge in [0.1, 0.15) is 0 Å². The van der Waals surface area contributed by atoms with Gasteiger partial charge in [-0.2, -0.15) is 11.3 Å². The fourth-order valence-corrected chi connectivity index (χ4v) is 3.89. The van der Waals surface area contributed by atoms with Crippen LogP contribution in [0.1, 0.15) is 44.1 Å². The summed E-state index contributed by atoms with van der Waals surface area (Å²) < 4.78 is 5.12. The predicted molar refractivity (Wildman–Crippen MR) is 82.9 cm³/mol. The van der Waals surface area contributed by atoms with Gasteiger partial charge in [-0.1, -0.05) is 19.3 Å². The first-order valence-electron chi connectivity index (χ1n) is 7.55. The minimum absolute atomic E-state index is 0.536. The molecule has 1 fully saturated rings. The molecular weight excluding hydrogens is 254 g/mol. The predicted octanol–water partition coefficient (Wildman–Crippen LogP) is 3.87. The van der Waals surface area contributed by atoms with Gasteiger partial charge in [-0.15, -0.1) is 0 Å². The lowest BCUT2D eigenvalue weighted by Gasteiger charge is -2.38. The van der Waals surface area contributed by atoms with Crippen molar-refractivity contribution < 1.29 is 4.74 Å². The van der Waals surface area contributed by atoms with Crippen LogP contribution in [0.15, 0.2) is 16.8 Å². The first-order valence-corrected chi connectivity index (χ1v) is 8.50. The lowest BCUT2D eigenvalue weighted by atomic mass is 9.70. The monoisotopic (exact) mass is 281 g/mol. The van der Waals surface area contributed by atoms with E-state index in [0.29, 0.717) is 5.41 Å². The second-order valence-electron chi connectivity index (χ2n) is 5.86. The summed E-state index contributed by atoms with van der Waals surface area (Å²) >= 11 is 1.82. The Labute approximate surface area is 121 Å². The van der Waals surface area contributed by atoms with E-state index in [0.717, 1.165) is 13.2 Å². The molecule has 0 unspecified atom stereocenters. The van der Waals surface area contributed by atoms with Crippen LogP contribution in [0.3, 0.4) is 0 Å². The van der Waals surface area contributed by atoms with Gasteiger partial charge in [0, 0.05) is 20.2 Å². The molecule has 1 aliphatic rings. The van der Waals surface area contributed by atoms with Crippen LogP contribution in [0.2, 0.25) is 0 Å². The average Bonchev–Trinajstić information content (AvgIpc) is 2.96. The Morgan fingerprint density at radius 2 is 2.16 bits per heavy atom. The van der Waals surface area contributed by atoms with Crippen molar-refractivity contribution in [3.8, 4) is 0 Å². The van der Waals surface area contributed by atoms with Gasteiger partial charge in [0.2, 0.25) is 0 Å². The third kappa shape index (κ3) is 4.90. The summed E-state index contributed by atoms with van der Waals surface area (Å²) in [5.41, 5.74) is 2.06. The Kier molecular flexibility index (Phi) is 6.35. The summed E-state index contributed by atoms with van der Waals surface area (Å²) in [6, 6.07) is 2.28. The first-order chi connectivity index (χ1) is 9.35. The maximum absolute atomic E-state index is 5.12. The minimum Gasteiger partial charge on any atom is -0.383 e. The van der Waals surface area contributed by atoms with E-state index < -0.39 is 0 Å². The van der Waals surface area contributed by atoms with Crippen molar-refractivity contribution in [2.75, 3.05) is 26.8 Å². The molecule has 0 spiro atoms. The van der Waals surface area contributed by atoms with Crippen LogP contribution >= 0.6 is 11.3 Å². The molecular formula is C16H27NOS. The van der Waals surface area contributed by atoms with Crippen LogP contribution in [-0.2, 0) is 11.2 Å². The zero-order valence-corrected chi connectivity index (χ0v) is 12.9. The molecule has 0 amide bonds. The van der Waals surface area contributed by atoms with E-state index in [2.05, 4.69) is 22.1 Å². The third-order valence-electron chi connectivity index (χ3n) is 4.42. The molecule has 0 aliphatic heterocycles. The fourth-order valence-electron chi connectivity index (χ4n) is 3.19. The van der Waals surface area contributed by atoms with Crippen molar-refractivity contribution in [3.63, 3.8) is 0 Å². The van der Waals surface area contributed by atoms with Gasteiger partial charge in [-0.3, -0.25) is 0 Å². The van der Waals surface area contributed by atoms with Crippen molar-refractivity contribution >= 4 is 11.3 Å². The Morgan fingerprint density at radius 3 is 2.84 bits per heavy atom. The number of thiophene rings is 1. The number of aryl methyl sites for hydroxylation is 1. The van der Waals surface area contributed by atoms with Gasteiger partial charge in [-0.25, -0.2) is 0 Å². The largest absolute Gasteiger partial charge is 0.383 e. The molecule has 0 bridgehead atoms. The van der Waals surface area contributed by atoms with Crippen molar-refractivity contribution in [2.24, 2.45) is 5.41 Å². The van der Waals surface area contributed by atoms with Gasteiger partial charge in [0.25, 0.3) is 0 Å². The number of hydrogen-bond acceptors (Lipinski definition) is 3. The molecule has 2 nitrogen and oxygen atoms in total. The molecule has 0 aromatic carbocycles. The Balaban J connectivity index is 1.82. The lowest BCUT2D eigenvalue weighted by Crippen LogP contribution is -2.37. The molecule has 0 saturated heterocycles. The van der Waals surface area contributed by atoms with Crippen molar-refractivity contribution in [1.29, 1.82) is 0 Å². The minimum atomic E-state index is 0.536. The highest BCUT2D eigenvalue weighted by atomic mass is 32.1. The van der Waals surface area contributed by atoms with E-state index in [9.17, 15) is 0 Å². The Hall–Kier alpha value is -0.380. The zero-order chi connectivity index (χ0) is 13.4. The van der Waals surface area contributed by atoms with Crippen LogP contribution in [0.5, 0.6) is 0 Å². The molecule has 1 aromatic heterocycles. The van der Waals surface area contributed by atoms with Crippen LogP contribution in [0, 0.1) is 5.41 Å². The van der Waals surface area contributed by atoms with Gasteiger partial charge in [0.15, 0.2) is 0 Å². The average molecular weight is 281 g/mol. The van der Waals surface area contributed by atoms with Crippen molar-refractivity contribution in [2.45, 2.75) is 44.9 Å². The molecule has 2 rings (SSSR count). The van der Waals surface area contributed by atoms with E-state index in [1.807, 2.05) is 11.3 Å². The van der Waals surface area contributed by atoms with E-state index in [4.69, 9.17) is 4.74 Å². The van der Waals surface area contributed by atoms with Gasteiger partial charge >= 0.3 is 0 Å². The topological polar surface area (TPSA) is 21.3 Å². The highest BCUT2D eigenvalue weighted by molar-refractivity contribution is 7.07. The molecule has 1 aromatic rings. The molecule has 19 heavy (non-hydrogen) atoms. The molecule has 3 heteroatoms. The fraction of sp³-hybridized carbons (Fsp3) is 0.750. The number of methoxy groups -OCH3 is 1. The van der Waals surface area contributed by atoms with E-state index in [-0.39, 0.29) is 0 Å². The summed E-state index contributed by atoms with van der Waals surface area (Å²) in [5, 5.41) is 8.10. The molecule has 1 heterocycles. The second-order valence-corrected chi connectivity index (χ2v) is 6.64. The lowest BCUT2D eigenvalue weighted by molar-refractivity contribution is 0.153. The molecule has 1 aliphatic carbocycles. The van der Waals surface area contributed by atoms with E-state index >= 15 is 0 Å². The molecule has 1 saturated carbocycles. The second kappa shape index (κ2) is 8.03. The summed E-state index contributed by atoms with van der Waals surface area (Å²) in [6.07, 6.45) is 9.64. The first kappa shape index (κ1) is 15.0. The maximum Gasteiger partial charge on any atom is 0.0587 e. The zero-order valence-electron chi connectivity index (χ0n) is 12.1. The van der Waals surface area contributed by atoms with Gasteiger partial charge in [-0.05, 0) is 53.5 Å². The van der Waals surface area contributed by atoms with Crippen LogP contribution in [-0.4, -0.2) is 26.8 Å². The quantitative estimate of drug-likeness (QED) is 0.730. The SMILES string of the molecule is COCCNCC1(CCc2ccsc2)CCCCC1. The number of hydrogen-bond donors (Lipinski definition) is 1. The molecule has 0 atom stereocenters. The van der Waals surface area contributed by atoms with Crippen molar-refractivity contribution in [3.05, 3.63) is 22.4 Å². The Bertz CT molecular complexity index is 331. The van der Waals surface area contributed by atoms with Crippen LogP contribution in [0.25, 0.3) is 0 Å². The summed E-state index contributed by atoms with van der Waals surface area (Å²) in [7, 11) is 1.77. The third-order valence-corrected chi connectivity index (χ3v) is 5.15. The van der Waals surface area contributed by atoms with Crippen LogP contribution in [0.4, 0.5) is 0 Å². The van der Waals surface area contributed by atoms with E-state index in [1.165, 1.54) is 57.1 Å². The normalized spacial score (nSPS) is 18.6. The highest BCUT2D eigenvalue weighted by Gasteiger charge is 2.31. The Morgan fingerprint density at radius 1 is 1.32 bits per heavy atom. The molecule has 108 valence electrons.